The number of carbonyl (C=O) groups excluding carboxylic acids is 1. The molecular weight excluding hydrogens is 314 g/mol. The largest absolute Gasteiger partial charge is 0.464 e. The molecule has 1 atom stereocenters. The number of carbonyl (C=O) groups is 1. The monoisotopic (exact) mass is 327 g/mol. The molecule has 21 heavy (non-hydrogen) atoms. The van der Waals surface area contributed by atoms with Crippen LogP contribution >= 0.6 is 11.6 Å². The molecule has 3 rings (SSSR count). The summed E-state index contributed by atoms with van der Waals surface area (Å²) in [6.07, 6.45) is 2.15. The van der Waals surface area contributed by atoms with Gasteiger partial charge in [0.05, 0.1) is 24.2 Å². The normalized spacial score (nSPS) is 20.7. The van der Waals surface area contributed by atoms with Crippen molar-refractivity contribution in [3.8, 4) is 0 Å². The Bertz CT molecular complexity index is 796. The topological polar surface area (TPSA) is 76.4 Å². The molecule has 0 aliphatic carbocycles. The van der Waals surface area contributed by atoms with E-state index in [0.29, 0.717) is 17.0 Å². The SMILES string of the molecule is O=C(Cc1coc2ccc(Cl)cc12)NC1CCS(=O)(=O)C1. The van der Waals surface area contributed by atoms with Crippen LogP contribution in [-0.2, 0) is 21.1 Å². The number of nitrogens with one attached hydrogen (secondary N) is 1. The summed E-state index contributed by atoms with van der Waals surface area (Å²) in [4.78, 5) is 12.0. The maximum atomic E-state index is 12.0. The first-order valence-corrected chi connectivity index (χ1v) is 8.78. The molecule has 1 aliphatic rings. The van der Waals surface area contributed by atoms with Gasteiger partial charge in [0.15, 0.2) is 9.84 Å². The molecule has 0 saturated carbocycles. The highest BCUT2D eigenvalue weighted by Gasteiger charge is 2.29. The average Bonchev–Trinajstić information content (AvgIpc) is 2.93. The van der Waals surface area contributed by atoms with E-state index in [9.17, 15) is 13.2 Å². The second-order valence-corrected chi connectivity index (χ2v) is 7.91. The summed E-state index contributed by atoms with van der Waals surface area (Å²) < 4.78 is 28.1. The number of furan rings is 1. The Labute approximate surface area is 127 Å². The van der Waals surface area contributed by atoms with E-state index in [1.807, 2.05) is 0 Å². The van der Waals surface area contributed by atoms with Gasteiger partial charge in [0, 0.05) is 22.0 Å². The Morgan fingerprint density at radius 2 is 2.24 bits per heavy atom. The van der Waals surface area contributed by atoms with Crippen molar-refractivity contribution in [1.82, 2.24) is 5.32 Å². The van der Waals surface area contributed by atoms with Crippen molar-refractivity contribution in [3.63, 3.8) is 0 Å². The molecule has 1 N–H and O–H groups in total. The minimum absolute atomic E-state index is 0.0245. The number of benzene rings is 1. The molecule has 2 heterocycles. The Kier molecular flexibility index (Phi) is 3.67. The molecular formula is C14H14ClNO4S. The fourth-order valence-corrected chi connectivity index (χ4v) is 4.40. The standard InChI is InChI=1S/C14H14ClNO4S/c15-10-1-2-13-12(6-10)9(7-20-13)5-14(17)16-11-3-4-21(18,19)8-11/h1-2,6-7,11H,3-5,8H2,(H,16,17). The third-order valence-electron chi connectivity index (χ3n) is 3.56. The van der Waals surface area contributed by atoms with E-state index in [-0.39, 0.29) is 29.9 Å². The third-order valence-corrected chi connectivity index (χ3v) is 5.57. The zero-order valence-corrected chi connectivity index (χ0v) is 12.7. The Morgan fingerprint density at radius 1 is 1.43 bits per heavy atom. The van der Waals surface area contributed by atoms with Gasteiger partial charge in [0.1, 0.15) is 5.58 Å². The van der Waals surface area contributed by atoms with E-state index in [0.717, 1.165) is 10.9 Å². The molecule has 1 unspecified atom stereocenters. The molecule has 1 saturated heterocycles. The highest BCUT2D eigenvalue weighted by atomic mass is 35.5. The number of halogens is 1. The minimum Gasteiger partial charge on any atom is -0.464 e. The Balaban J connectivity index is 1.70. The van der Waals surface area contributed by atoms with Crippen molar-refractivity contribution in [1.29, 1.82) is 0 Å². The number of rotatable bonds is 3. The van der Waals surface area contributed by atoms with Crippen LogP contribution in [0.5, 0.6) is 0 Å². The van der Waals surface area contributed by atoms with E-state index in [1.165, 1.54) is 6.26 Å². The first-order chi connectivity index (χ1) is 9.93. The fourth-order valence-electron chi connectivity index (χ4n) is 2.55. The van der Waals surface area contributed by atoms with E-state index in [1.54, 1.807) is 18.2 Å². The van der Waals surface area contributed by atoms with Gasteiger partial charge in [-0.3, -0.25) is 4.79 Å². The number of hydrogen-bond acceptors (Lipinski definition) is 4. The lowest BCUT2D eigenvalue weighted by Crippen LogP contribution is -2.36. The molecule has 0 radical (unpaired) electrons. The highest BCUT2D eigenvalue weighted by molar-refractivity contribution is 7.91. The second kappa shape index (κ2) is 5.35. The van der Waals surface area contributed by atoms with Crippen LogP contribution in [0.2, 0.25) is 5.02 Å². The van der Waals surface area contributed by atoms with Crippen molar-refractivity contribution in [2.45, 2.75) is 18.9 Å². The zero-order chi connectivity index (χ0) is 15.0. The second-order valence-electron chi connectivity index (χ2n) is 5.25. The average molecular weight is 328 g/mol. The predicted molar refractivity (Wildman–Crippen MR) is 80.1 cm³/mol. The van der Waals surface area contributed by atoms with Gasteiger partial charge in [-0.1, -0.05) is 11.6 Å². The molecule has 2 aromatic rings. The van der Waals surface area contributed by atoms with E-state index in [4.69, 9.17) is 16.0 Å². The van der Waals surface area contributed by atoms with Crippen LogP contribution < -0.4 is 5.32 Å². The smallest absolute Gasteiger partial charge is 0.224 e. The maximum Gasteiger partial charge on any atom is 0.224 e. The third kappa shape index (κ3) is 3.22. The summed E-state index contributed by atoms with van der Waals surface area (Å²) in [7, 11) is -2.99. The van der Waals surface area contributed by atoms with Gasteiger partial charge in [0.2, 0.25) is 5.91 Å². The number of sulfone groups is 1. The summed E-state index contributed by atoms with van der Waals surface area (Å²) >= 11 is 5.94. The lowest BCUT2D eigenvalue weighted by molar-refractivity contribution is -0.120. The van der Waals surface area contributed by atoms with Crippen molar-refractivity contribution >= 4 is 38.3 Å². The van der Waals surface area contributed by atoms with E-state index >= 15 is 0 Å². The van der Waals surface area contributed by atoms with Gasteiger partial charge in [-0.2, -0.15) is 0 Å². The first-order valence-electron chi connectivity index (χ1n) is 6.58. The van der Waals surface area contributed by atoms with Crippen molar-refractivity contribution in [2.24, 2.45) is 0 Å². The van der Waals surface area contributed by atoms with Gasteiger partial charge in [-0.05, 0) is 24.6 Å². The molecule has 0 spiro atoms. The van der Waals surface area contributed by atoms with Crippen LogP contribution in [0.3, 0.4) is 0 Å². The van der Waals surface area contributed by atoms with Crippen LogP contribution in [0.4, 0.5) is 0 Å². The van der Waals surface area contributed by atoms with Gasteiger partial charge in [-0.25, -0.2) is 8.42 Å². The molecule has 0 bridgehead atoms. The Morgan fingerprint density at radius 3 is 2.95 bits per heavy atom. The van der Waals surface area contributed by atoms with Crippen molar-refractivity contribution < 1.29 is 17.6 Å². The number of fused-ring (bicyclic) bond motifs is 1. The van der Waals surface area contributed by atoms with Crippen molar-refractivity contribution in [3.05, 3.63) is 35.0 Å². The quantitative estimate of drug-likeness (QED) is 0.934. The van der Waals surface area contributed by atoms with Crippen molar-refractivity contribution in [2.75, 3.05) is 11.5 Å². The van der Waals surface area contributed by atoms with Crippen LogP contribution in [0.15, 0.2) is 28.9 Å². The lowest BCUT2D eigenvalue weighted by Gasteiger charge is -2.10. The summed E-state index contributed by atoms with van der Waals surface area (Å²) in [5.41, 5.74) is 1.41. The molecule has 1 aromatic heterocycles. The number of amides is 1. The molecule has 5 nitrogen and oxygen atoms in total. The van der Waals surface area contributed by atoms with Gasteiger partial charge in [-0.15, -0.1) is 0 Å². The zero-order valence-electron chi connectivity index (χ0n) is 11.1. The molecule has 1 aromatic carbocycles. The molecule has 112 valence electrons. The summed E-state index contributed by atoms with van der Waals surface area (Å²) in [5, 5.41) is 4.14. The van der Waals surface area contributed by atoms with E-state index < -0.39 is 9.84 Å². The first kappa shape index (κ1) is 14.4. The minimum atomic E-state index is -2.99. The summed E-state index contributed by atoms with van der Waals surface area (Å²) in [6.45, 7) is 0. The maximum absolute atomic E-state index is 12.0. The molecule has 1 fully saturated rings. The van der Waals surface area contributed by atoms with Crippen LogP contribution in [0, 0.1) is 0 Å². The number of hydrogen-bond donors (Lipinski definition) is 1. The molecule has 1 aliphatic heterocycles. The highest BCUT2D eigenvalue weighted by Crippen LogP contribution is 2.25. The Hall–Kier alpha value is -1.53. The summed E-state index contributed by atoms with van der Waals surface area (Å²) in [5.74, 6) is -0.0430. The lowest BCUT2D eigenvalue weighted by atomic mass is 10.1. The van der Waals surface area contributed by atoms with Crippen LogP contribution in [-0.4, -0.2) is 31.9 Å². The van der Waals surface area contributed by atoms with Gasteiger partial charge in [0.25, 0.3) is 0 Å². The fraction of sp³-hybridized carbons (Fsp3) is 0.357. The predicted octanol–water partition coefficient (Wildman–Crippen LogP) is 1.93. The molecule has 1 amide bonds. The van der Waals surface area contributed by atoms with Crippen LogP contribution in [0.1, 0.15) is 12.0 Å². The molecule has 7 heteroatoms. The van der Waals surface area contributed by atoms with Crippen LogP contribution in [0.25, 0.3) is 11.0 Å². The van der Waals surface area contributed by atoms with Gasteiger partial charge < -0.3 is 9.73 Å². The summed E-state index contributed by atoms with van der Waals surface area (Å²) in [6, 6.07) is 4.94. The van der Waals surface area contributed by atoms with Gasteiger partial charge >= 0.3 is 0 Å². The van der Waals surface area contributed by atoms with E-state index in [2.05, 4.69) is 5.32 Å².